The minimum atomic E-state index is 0. The van der Waals surface area contributed by atoms with Crippen molar-refractivity contribution in [1.82, 2.24) is 0 Å². The van der Waals surface area contributed by atoms with E-state index in [0.29, 0.717) is 5.75 Å². The second-order valence-corrected chi connectivity index (χ2v) is 2.53. The summed E-state index contributed by atoms with van der Waals surface area (Å²) in [6, 6.07) is 5.32. The Balaban J connectivity index is 0.00000121. The van der Waals surface area contributed by atoms with Crippen molar-refractivity contribution >= 4 is 57.1 Å². The van der Waals surface area contributed by atoms with E-state index in [1.165, 1.54) is 0 Å². The molecule has 0 saturated carbocycles. The number of anilines is 1. The van der Waals surface area contributed by atoms with Crippen LogP contribution in [0.3, 0.4) is 0 Å². The van der Waals surface area contributed by atoms with Gasteiger partial charge in [-0.05, 0) is 25.5 Å². The average molecular weight is 190 g/mol. The molecule has 0 aliphatic heterocycles. The Labute approximate surface area is 116 Å². The minimum absolute atomic E-state index is 0. The van der Waals surface area contributed by atoms with Crippen LogP contribution in [0.5, 0.6) is 5.75 Å². The second-order valence-electron chi connectivity index (χ2n) is 2.53. The molecule has 0 aromatic heterocycles. The van der Waals surface area contributed by atoms with Crippen molar-refractivity contribution in [2.24, 2.45) is 0 Å². The first-order valence-corrected chi connectivity index (χ1v) is 3.77. The molecule has 0 aliphatic carbocycles. The number of rotatable bonds is 2. The zero-order valence-electron chi connectivity index (χ0n) is 7.89. The molecular weight excluding hydrogens is 177 g/mol. The van der Waals surface area contributed by atoms with Gasteiger partial charge in [0.1, 0.15) is 5.75 Å². The Morgan fingerprint density at radius 1 is 1.42 bits per heavy atom. The predicted molar refractivity (Wildman–Crippen MR) is 52.8 cm³/mol. The first-order chi connectivity index (χ1) is 5.24. The SMILES string of the molecule is CCNc1cc(O)ccc1C.[K]. The van der Waals surface area contributed by atoms with Gasteiger partial charge in [0, 0.05) is 69.7 Å². The third-order valence-electron chi connectivity index (χ3n) is 1.59. The summed E-state index contributed by atoms with van der Waals surface area (Å²) in [5.74, 6) is 0.312. The topological polar surface area (TPSA) is 32.3 Å². The largest absolute Gasteiger partial charge is 0.508 e. The standard InChI is InChI=1S/C9H13NO.K/c1-3-10-9-6-8(11)5-4-7(9)2;/h4-6,10-11H,3H2,1-2H3;. The van der Waals surface area contributed by atoms with Crippen molar-refractivity contribution in [1.29, 1.82) is 0 Å². The molecule has 1 aromatic rings. The van der Waals surface area contributed by atoms with Crippen LogP contribution >= 0.6 is 0 Å². The average Bonchev–Trinajstić information content (AvgIpc) is 1.98. The summed E-state index contributed by atoms with van der Waals surface area (Å²) >= 11 is 0. The summed E-state index contributed by atoms with van der Waals surface area (Å²) in [5.41, 5.74) is 2.16. The Kier molecular flexibility index (Phi) is 6.22. The van der Waals surface area contributed by atoms with Crippen LogP contribution in [-0.2, 0) is 0 Å². The van der Waals surface area contributed by atoms with Gasteiger partial charge in [-0.15, -0.1) is 0 Å². The van der Waals surface area contributed by atoms with Gasteiger partial charge >= 0.3 is 0 Å². The Hall–Kier alpha value is 0.456. The zero-order chi connectivity index (χ0) is 8.27. The number of benzene rings is 1. The van der Waals surface area contributed by atoms with Crippen molar-refractivity contribution in [2.75, 3.05) is 11.9 Å². The molecule has 1 rings (SSSR count). The zero-order valence-corrected chi connectivity index (χ0v) is 11.0. The van der Waals surface area contributed by atoms with Gasteiger partial charge in [-0.3, -0.25) is 0 Å². The first-order valence-electron chi connectivity index (χ1n) is 3.77. The van der Waals surface area contributed by atoms with Crippen molar-refractivity contribution in [3.63, 3.8) is 0 Å². The fourth-order valence-corrected chi connectivity index (χ4v) is 0.991. The minimum Gasteiger partial charge on any atom is -0.508 e. The Bertz CT molecular complexity index is 250. The van der Waals surface area contributed by atoms with Crippen LogP contribution in [0, 0.1) is 6.92 Å². The first kappa shape index (κ1) is 12.5. The quantitative estimate of drug-likeness (QED) is 0.696. The van der Waals surface area contributed by atoms with Crippen LogP contribution in [0.15, 0.2) is 18.2 Å². The van der Waals surface area contributed by atoms with Crippen molar-refractivity contribution in [3.05, 3.63) is 23.8 Å². The number of hydrogen-bond donors (Lipinski definition) is 2. The fraction of sp³-hybridized carbons (Fsp3) is 0.333. The van der Waals surface area contributed by atoms with Gasteiger partial charge in [0.25, 0.3) is 0 Å². The van der Waals surface area contributed by atoms with Crippen LogP contribution in [0.4, 0.5) is 5.69 Å². The molecule has 1 aromatic carbocycles. The number of hydrogen-bond acceptors (Lipinski definition) is 2. The Morgan fingerprint density at radius 3 is 2.67 bits per heavy atom. The monoisotopic (exact) mass is 190 g/mol. The van der Waals surface area contributed by atoms with E-state index in [1.807, 2.05) is 19.9 Å². The summed E-state index contributed by atoms with van der Waals surface area (Å²) in [6.45, 7) is 4.92. The molecule has 0 saturated heterocycles. The van der Waals surface area contributed by atoms with Gasteiger partial charge in [-0.1, -0.05) is 6.07 Å². The molecule has 2 N–H and O–H groups in total. The van der Waals surface area contributed by atoms with E-state index in [4.69, 9.17) is 5.11 Å². The summed E-state index contributed by atoms with van der Waals surface area (Å²) < 4.78 is 0. The van der Waals surface area contributed by atoms with E-state index >= 15 is 0 Å². The predicted octanol–water partition coefficient (Wildman–Crippen LogP) is 1.75. The number of aromatic hydroxyl groups is 1. The molecule has 1 radical (unpaired) electrons. The molecule has 12 heavy (non-hydrogen) atoms. The molecule has 0 atom stereocenters. The van der Waals surface area contributed by atoms with Crippen LogP contribution < -0.4 is 5.32 Å². The molecule has 0 bridgehead atoms. The van der Waals surface area contributed by atoms with Crippen molar-refractivity contribution < 1.29 is 5.11 Å². The van der Waals surface area contributed by atoms with Crippen LogP contribution in [-0.4, -0.2) is 63.0 Å². The molecule has 3 heteroatoms. The van der Waals surface area contributed by atoms with Gasteiger partial charge < -0.3 is 10.4 Å². The molecule has 0 heterocycles. The third kappa shape index (κ3) is 3.45. The van der Waals surface area contributed by atoms with Crippen molar-refractivity contribution in [2.45, 2.75) is 13.8 Å². The van der Waals surface area contributed by atoms with Gasteiger partial charge in [0.05, 0.1) is 0 Å². The molecule has 0 spiro atoms. The van der Waals surface area contributed by atoms with E-state index in [2.05, 4.69) is 5.32 Å². The fourth-order valence-electron chi connectivity index (χ4n) is 0.991. The van der Waals surface area contributed by atoms with E-state index in [0.717, 1.165) is 17.8 Å². The molecule has 0 aliphatic rings. The van der Waals surface area contributed by atoms with E-state index in [1.54, 1.807) is 12.1 Å². The van der Waals surface area contributed by atoms with E-state index in [-0.39, 0.29) is 51.4 Å². The van der Waals surface area contributed by atoms with E-state index in [9.17, 15) is 0 Å². The van der Waals surface area contributed by atoms with Gasteiger partial charge in [0.15, 0.2) is 0 Å². The van der Waals surface area contributed by atoms with Crippen LogP contribution in [0.1, 0.15) is 12.5 Å². The number of phenolic OH excluding ortho intramolecular Hbond substituents is 1. The molecule has 2 nitrogen and oxygen atoms in total. The van der Waals surface area contributed by atoms with E-state index < -0.39 is 0 Å². The summed E-state index contributed by atoms with van der Waals surface area (Å²) in [6.07, 6.45) is 0. The maximum atomic E-state index is 9.12. The number of phenols is 1. The molecule has 61 valence electrons. The number of nitrogens with one attached hydrogen (secondary N) is 1. The maximum Gasteiger partial charge on any atom is 0.117 e. The molecule has 0 unspecified atom stereocenters. The summed E-state index contributed by atoms with van der Waals surface area (Å²) in [4.78, 5) is 0. The number of aryl methyl sites for hydroxylation is 1. The third-order valence-corrected chi connectivity index (χ3v) is 1.59. The van der Waals surface area contributed by atoms with Crippen LogP contribution in [0.2, 0.25) is 0 Å². The maximum absolute atomic E-state index is 9.12. The van der Waals surface area contributed by atoms with Crippen molar-refractivity contribution in [3.8, 4) is 5.75 Å². The van der Waals surface area contributed by atoms with Gasteiger partial charge in [-0.25, -0.2) is 0 Å². The molecule has 0 fully saturated rings. The van der Waals surface area contributed by atoms with Gasteiger partial charge in [0.2, 0.25) is 0 Å². The molecule has 0 amide bonds. The van der Waals surface area contributed by atoms with Gasteiger partial charge in [-0.2, -0.15) is 0 Å². The molecular formula is C9H13KNO. The Morgan fingerprint density at radius 2 is 2.08 bits per heavy atom. The van der Waals surface area contributed by atoms with Crippen LogP contribution in [0.25, 0.3) is 0 Å². The normalized spacial score (nSPS) is 8.83. The summed E-state index contributed by atoms with van der Waals surface area (Å²) in [5, 5.41) is 12.3. The summed E-state index contributed by atoms with van der Waals surface area (Å²) in [7, 11) is 0. The second kappa shape index (κ2) is 5.99. The smallest absolute Gasteiger partial charge is 0.117 e.